The van der Waals surface area contributed by atoms with Gasteiger partial charge in [-0.2, -0.15) is 0 Å². The molecule has 0 spiro atoms. The highest BCUT2D eigenvalue weighted by Gasteiger charge is 2.16. The summed E-state index contributed by atoms with van der Waals surface area (Å²) in [5.41, 5.74) is 1.52. The SMILES string of the molecule is COCCNCCNC(=O)c1sc(-c2ccccn2)nc1C. The van der Waals surface area contributed by atoms with E-state index in [1.807, 2.05) is 25.1 Å². The summed E-state index contributed by atoms with van der Waals surface area (Å²) in [6.45, 7) is 4.55. The topological polar surface area (TPSA) is 76.1 Å². The first-order valence-electron chi connectivity index (χ1n) is 7.09. The zero-order chi connectivity index (χ0) is 15.8. The fraction of sp³-hybridized carbons (Fsp3) is 0.400. The fourth-order valence-electron chi connectivity index (χ4n) is 1.85. The molecule has 6 nitrogen and oxygen atoms in total. The Balaban J connectivity index is 1.89. The van der Waals surface area contributed by atoms with Gasteiger partial charge in [0.15, 0.2) is 0 Å². The lowest BCUT2D eigenvalue weighted by Gasteiger charge is -2.05. The number of pyridine rings is 1. The molecule has 0 aliphatic carbocycles. The van der Waals surface area contributed by atoms with Gasteiger partial charge in [-0.15, -0.1) is 11.3 Å². The molecule has 0 aliphatic heterocycles. The maximum Gasteiger partial charge on any atom is 0.263 e. The maximum atomic E-state index is 12.2. The number of nitrogens with one attached hydrogen (secondary N) is 2. The van der Waals surface area contributed by atoms with Crippen LogP contribution in [0.4, 0.5) is 0 Å². The van der Waals surface area contributed by atoms with Crippen molar-refractivity contribution >= 4 is 17.2 Å². The molecule has 2 heterocycles. The molecule has 0 saturated carbocycles. The molecule has 2 N–H and O–H groups in total. The van der Waals surface area contributed by atoms with Crippen molar-refractivity contribution in [1.82, 2.24) is 20.6 Å². The second-order valence-electron chi connectivity index (χ2n) is 4.65. The van der Waals surface area contributed by atoms with Gasteiger partial charge in [-0.1, -0.05) is 6.07 Å². The van der Waals surface area contributed by atoms with E-state index in [9.17, 15) is 4.79 Å². The monoisotopic (exact) mass is 320 g/mol. The maximum absolute atomic E-state index is 12.2. The number of hydrogen-bond acceptors (Lipinski definition) is 6. The van der Waals surface area contributed by atoms with Crippen LogP contribution in [0.1, 0.15) is 15.4 Å². The largest absolute Gasteiger partial charge is 0.383 e. The molecule has 0 saturated heterocycles. The Bertz CT molecular complexity index is 601. The number of ether oxygens (including phenoxy) is 1. The van der Waals surface area contributed by atoms with Crippen LogP contribution in [0.5, 0.6) is 0 Å². The van der Waals surface area contributed by atoms with E-state index < -0.39 is 0 Å². The van der Waals surface area contributed by atoms with Crippen LogP contribution in [0.25, 0.3) is 10.7 Å². The van der Waals surface area contributed by atoms with Gasteiger partial charge >= 0.3 is 0 Å². The van der Waals surface area contributed by atoms with Gasteiger partial charge in [-0.25, -0.2) is 4.98 Å². The smallest absolute Gasteiger partial charge is 0.263 e. The summed E-state index contributed by atoms with van der Waals surface area (Å²) in [5, 5.41) is 6.83. The summed E-state index contributed by atoms with van der Waals surface area (Å²) in [4.78, 5) is 21.5. The molecule has 0 aliphatic rings. The average molecular weight is 320 g/mol. The summed E-state index contributed by atoms with van der Waals surface area (Å²) < 4.78 is 4.94. The van der Waals surface area contributed by atoms with Gasteiger partial charge in [0.05, 0.1) is 18.0 Å². The van der Waals surface area contributed by atoms with Crippen molar-refractivity contribution in [3.8, 4) is 10.7 Å². The van der Waals surface area contributed by atoms with Crippen LogP contribution < -0.4 is 10.6 Å². The van der Waals surface area contributed by atoms with Crippen molar-refractivity contribution in [1.29, 1.82) is 0 Å². The summed E-state index contributed by atoms with van der Waals surface area (Å²) >= 11 is 1.37. The number of methoxy groups -OCH3 is 1. The Kier molecular flexibility index (Phi) is 6.45. The minimum atomic E-state index is -0.0919. The van der Waals surface area contributed by atoms with Gasteiger partial charge in [0.1, 0.15) is 9.88 Å². The van der Waals surface area contributed by atoms with Crippen LogP contribution in [0.3, 0.4) is 0 Å². The molecule has 118 valence electrons. The number of rotatable bonds is 8. The highest BCUT2D eigenvalue weighted by Crippen LogP contribution is 2.26. The second-order valence-corrected chi connectivity index (χ2v) is 5.65. The number of carbonyl (C=O) groups is 1. The molecule has 0 atom stereocenters. The molecule has 0 fully saturated rings. The van der Waals surface area contributed by atoms with E-state index in [0.29, 0.717) is 24.6 Å². The second kappa shape index (κ2) is 8.57. The molecule has 0 bridgehead atoms. The molecule has 0 radical (unpaired) electrons. The van der Waals surface area contributed by atoms with Gasteiger partial charge in [0.25, 0.3) is 5.91 Å². The van der Waals surface area contributed by atoms with Crippen LogP contribution in [-0.2, 0) is 4.74 Å². The van der Waals surface area contributed by atoms with Gasteiger partial charge < -0.3 is 15.4 Å². The third kappa shape index (κ3) is 4.59. The van der Waals surface area contributed by atoms with Gasteiger partial charge in [-0.3, -0.25) is 9.78 Å². The van der Waals surface area contributed by atoms with Crippen molar-refractivity contribution in [2.45, 2.75) is 6.92 Å². The van der Waals surface area contributed by atoms with Crippen LogP contribution in [0.2, 0.25) is 0 Å². The van der Waals surface area contributed by atoms with Crippen LogP contribution in [0.15, 0.2) is 24.4 Å². The predicted molar refractivity (Wildman–Crippen MR) is 87.2 cm³/mol. The van der Waals surface area contributed by atoms with Crippen molar-refractivity contribution in [2.24, 2.45) is 0 Å². The van der Waals surface area contributed by atoms with Crippen molar-refractivity contribution in [3.63, 3.8) is 0 Å². The number of aromatic nitrogens is 2. The van der Waals surface area contributed by atoms with Crippen LogP contribution in [0, 0.1) is 6.92 Å². The Morgan fingerprint density at radius 3 is 2.91 bits per heavy atom. The lowest BCUT2D eigenvalue weighted by Crippen LogP contribution is -2.33. The van der Waals surface area contributed by atoms with Crippen LogP contribution >= 0.6 is 11.3 Å². The highest BCUT2D eigenvalue weighted by molar-refractivity contribution is 7.17. The predicted octanol–water partition coefficient (Wildman–Crippen LogP) is 1.48. The Labute approximate surface area is 133 Å². The summed E-state index contributed by atoms with van der Waals surface area (Å²) in [6.07, 6.45) is 1.72. The molecule has 0 aromatic carbocycles. The molecule has 2 aromatic rings. The molecule has 1 amide bonds. The Morgan fingerprint density at radius 1 is 1.32 bits per heavy atom. The van der Waals surface area contributed by atoms with Crippen molar-refractivity contribution < 1.29 is 9.53 Å². The molecular weight excluding hydrogens is 300 g/mol. The zero-order valence-electron chi connectivity index (χ0n) is 12.8. The highest BCUT2D eigenvalue weighted by atomic mass is 32.1. The van der Waals surface area contributed by atoms with E-state index in [0.717, 1.165) is 22.9 Å². The average Bonchev–Trinajstić information content (AvgIpc) is 2.93. The fourth-order valence-corrected chi connectivity index (χ4v) is 2.81. The van der Waals surface area contributed by atoms with E-state index in [2.05, 4.69) is 20.6 Å². The van der Waals surface area contributed by atoms with E-state index >= 15 is 0 Å². The number of amides is 1. The van der Waals surface area contributed by atoms with E-state index in [-0.39, 0.29) is 5.91 Å². The van der Waals surface area contributed by atoms with Crippen molar-refractivity contribution in [2.75, 3.05) is 33.4 Å². The third-order valence-corrected chi connectivity index (χ3v) is 4.14. The molecule has 7 heteroatoms. The van der Waals surface area contributed by atoms with Gasteiger partial charge in [0.2, 0.25) is 0 Å². The summed E-state index contributed by atoms with van der Waals surface area (Å²) in [7, 11) is 1.66. The van der Waals surface area contributed by atoms with Crippen LogP contribution in [-0.4, -0.2) is 49.2 Å². The third-order valence-electron chi connectivity index (χ3n) is 2.96. The first kappa shape index (κ1) is 16.5. The molecular formula is C15H20N4O2S. The number of hydrogen-bond donors (Lipinski definition) is 2. The van der Waals surface area contributed by atoms with Crippen molar-refractivity contribution in [3.05, 3.63) is 35.0 Å². The van der Waals surface area contributed by atoms with E-state index in [1.54, 1.807) is 13.3 Å². The van der Waals surface area contributed by atoms with E-state index in [4.69, 9.17) is 4.74 Å². The molecule has 0 unspecified atom stereocenters. The zero-order valence-corrected chi connectivity index (χ0v) is 13.6. The number of carbonyl (C=O) groups excluding carboxylic acids is 1. The quantitative estimate of drug-likeness (QED) is 0.721. The molecule has 2 aromatic heterocycles. The standard InChI is InChI=1S/C15H20N4O2S/c1-11-13(14(20)18-8-7-16-9-10-21-2)22-15(19-11)12-5-3-4-6-17-12/h3-6,16H,7-10H2,1-2H3,(H,18,20). The summed E-state index contributed by atoms with van der Waals surface area (Å²) in [6, 6.07) is 5.65. The molecule has 2 rings (SSSR count). The first-order chi connectivity index (χ1) is 10.7. The minimum Gasteiger partial charge on any atom is -0.383 e. The normalized spacial score (nSPS) is 10.6. The Hall–Kier alpha value is -1.83. The van der Waals surface area contributed by atoms with Gasteiger partial charge in [-0.05, 0) is 19.1 Å². The number of nitrogens with zero attached hydrogens (tertiary/aromatic N) is 2. The lowest BCUT2D eigenvalue weighted by atomic mass is 10.3. The van der Waals surface area contributed by atoms with Gasteiger partial charge in [0, 0.05) is 32.9 Å². The first-order valence-corrected chi connectivity index (χ1v) is 7.90. The Morgan fingerprint density at radius 2 is 2.18 bits per heavy atom. The van der Waals surface area contributed by atoms with E-state index in [1.165, 1.54) is 11.3 Å². The lowest BCUT2D eigenvalue weighted by molar-refractivity contribution is 0.0957. The minimum absolute atomic E-state index is 0.0919. The molecule has 22 heavy (non-hydrogen) atoms. The number of aryl methyl sites for hydroxylation is 1. The summed E-state index contributed by atoms with van der Waals surface area (Å²) in [5.74, 6) is -0.0919. The number of thiazole rings is 1.